The van der Waals surface area contributed by atoms with Gasteiger partial charge >= 0.3 is 0 Å². The van der Waals surface area contributed by atoms with Crippen molar-refractivity contribution in [2.24, 2.45) is 0 Å². The van der Waals surface area contributed by atoms with Gasteiger partial charge in [0.15, 0.2) is 5.13 Å². The summed E-state index contributed by atoms with van der Waals surface area (Å²) in [6, 6.07) is 11.6. The molecule has 1 amide bonds. The zero-order valence-corrected chi connectivity index (χ0v) is 18.1. The van der Waals surface area contributed by atoms with Crippen LogP contribution in [0, 0.1) is 0 Å². The summed E-state index contributed by atoms with van der Waals surface area (Å²) in [5, 5.41) is 5.04. The predicted molar refractivity (Wildman–Crippen MR) is 117 cm³/mol. The van der Waals surface area contributed by atoms with Crippen molar-refractivity contribution < 1.29 is 13.2 Å². The molecule has 0 unspecified atom stereocenters. The van der Waals surface area contributed by atoms with Gasteiger partial charge in [-0.15, -0.1) is 11.3 Å². The smallest absolute Gasteiger partial charge is 0.257 e. The van der Waals surface area contributed by atoms with E-state index in [9.17, 15) is 13.2 Å². The van der Waals surface area contributed by atoms with E-state index in [4.69, 9.17) is 0 Å². The normalized spacial score (nSPS) is 17.6. The first-order chi connectivity index (χ1) is 14.4. The number of nitrogens with one attached hydrogen (secondary N) is 1. The van der Waals surface area contributed by atoms with E-state index in [1.54, 1.807) is 10.5 Å². The Labute approximate surface area is 179 Å². The van der Waals surface area contributed by atoms with Gasteiger partial charge in [0.25, 0.3) is 5.91 Å². The molecular weight excluding hydrogens is 420 g/mol. The van der Waals surface area contributed by atoms with Gasteiger partial charge in [-0.05, 0) is 56.2 Å². The van der Waals surface area contributed by atoms with Crippen LogP contribution in [-0.2, 0) is 10.0 Å². The number of carbonyl (C=O) groups is 1. The molecule has 1 N–H and O–H groups in total. The second kappa shape index (κ2) is 8.63. The van der Waals surface area contributed by atoms with E-state index in [-0.39, 0.29) is 16.8 Å². The van der Waals surface area contributed by atoms with Crippen LogP contribution in [0.5, 0.6) is 0 Å². The van der Waals surface area contributed by atoms with Gasteiger partial charge in [0, 0.05) is 29.7 Å². The third kappa shape index (κ3) is 4.28. The Morgan fingerprint density at radius 1 is 1.13 bits per heavy atom. The van der Waals surface area contributed by atoms with E-state index in [2.05, 4.69) is 15.3 Å². The van der Waals surface area contributed by atoms with Gasteiger partial charge in [-0.2, -0.15) is 4.31 Å². The zero-order chi connectivity index (χ0) is 21.1. The Balaban J connectivity index is 1.46. The Morgan fingerprint density at radius 3 is 2.63 bits per heavy atom. The number of sulfonamides is 1. The molecule has 1 fully saturated rings. The molecule has 9 heteroatoms. The van der Waals surface area contributed by atoms with Gasteiger partial charge in [0.1, 0.15) is 5.69 Å². The number of benzene rings is 1. The number of hydrogen-bond donors (Lipinski definition) is 1. The van der Waals surface area contributed by atoms with Gasteiger partial charge in [0.2, 0.25) is 10.0 Å². The average Bonchev–Trinajstić information content (AvgIpc) is 3.23. The van der Waals surface area contributed by atoms with Crippen molar-refractivity contribution in [3.8, 4) is 11.4 Å². The van der Waals surface area contributed by atoms with Gasteiger partial charge in [-0.3, -0.25) is 15.1 Å². The molecule has 1 aliphatic heterocycles. The van der Waals surface area contributed by atoms with Crippen LogP contribution in [0.15, 0.2) is 58.9 Å². The molecule has 0 radical (unpaired) electrons. The Kier molecular flexibility index (Phi) is 5.94. The van der Waals surface area contributed by atoms with Gasteiger partial charge < -0.3 is 0 Å². The van der Waals surface area contributed by atoms with E-state index in [1.165, 1.54) is 35.6 Å². The summed E-state index contributed by atoms with van der Waals surface area (Å²) < 4.78 is 27.4. The predicted octanol–water partition coefficient (Wildman–Crippen LogP) is 4.02. The minimum atomic E-state index is -3.56. The molecule has 1 aliphatic rings. The lowest BCUT2D eigenvalue weighted by Crippen LogP contribution is -2.41. The second-order valence-corrected chi connectivity index (χ2v) is 9.94. The van der Waals surface area contributed by atoms with Gasteiger partial charge in [-0.1, -0.05) is 12.5 Å². The van der Waals surface area contributed by atoms with Crippen LogP contribution in [0.3, 0.4) is 0 Å². The Hall–Kier alpha value is -2.62. The molecule has 1 atom stereocenters. The lowest BCUT2D eigenvalue weighted by Gasteiger charge is -2.32. The number of hydrogen-bond acceptors (Lipinski definition) is 6. The van der Waals surface area contributed by atoms with Crippen molar-refractivity contribution in [2.75, 3.05) is 11.9 Å². The van der Waals surface area contributed by atoms with Crippen LogP contribution in [-0.4, -0.2) is 41.2 Å². The number of thiazole rings is 1. The highest BCUT2D eigenvalue weighted by Crippen LogP contribution is 2.26. The first kappa shape index (κ1) is 20.6. The molecule has 0 saturated carbocycles. The largest absolute Gasteiger partial charge is 0.298 e. The molecule has 0 aliphatic carbocycles. The zero-order valence-electron chi connectivity index (χ0n) is 16.5. The van der Waals surface area contributed by atoms with Crippen LogP contribution in [0.4, 0.5) is 5.13 Å². The summed E-state index contributed by atoms with van der Waals surface area (Å²) in [6.07, 6.45) is 4.48. The van der Waals surface area contributed by atoms with Crippen molar-refractivity contribution in [3.63, 3.8) is 0 Å². The highest BCUT2D eigenvalue weighted by molar-refractivity contribution is 7.89. The first-order valence-electron chi connectivity index (χ1n) is 9.75. The average molecular weight is 443 g/mol. The van der Waals surface area contributed by atoms with Crippen LogP contribution in [0.25, 0.3) is 11.4 Å². The van der Waals surface area contributed by atoms with Crippen molar-refractivity contribution >= 4 is 32.4 Å². The van der Waals surface area contributed by atoms with Crippen molar-refractivity contribution in [1.29, 1.82) is 0 Å². The van der Waals surface area contributed by atoms with E-state index >= 15 is 0 Å². The molecule has 1 saturated heterocycles. The number of aromatic nitrogens is 2. The highest BCUT2D eigenvalue weighted by atomic mass is 32.2. The summed E-state index contributed by atoms with van der Waals surface area (Å²) in [5.74, 6) is -0.341. The third-order valence-electron chi connectivity index (χ3n) is 5.12. The van der Waals surface area contributed by atoms with Crippen LogP contribution < -0.4 is 5.32 Å². The van der Waals surface area contributed by atoms with E-state index in [0.717, 1.165) is 25.0 Å². The van der Waals surface area contributed by atoms with Crippen LogP contribution in [0.1, 0.15) is 36.5 Å². The lowest BCUT2D eigenvalue weighted by atomic mass is 10.1. The van der Waals surface area contributed by atoms with Gasteiger partial charge in [0.05, 0.1) is 10.6 Å². The van der Waals surface area contributed by atoms with Crippen molar-refractivity contribution in [2.45, 2.75) is 37.1 Å². The number of carbonyl (C=O) groups excluding carboxylic acids is 1. The molecule has 1 aromatic carbocycles. The van der Waals surface area contributed by atoms with Crippen molar-refractivity contribution in [3.05, 3.63) is 59.6 Å². The number of pyridine rings is 1. The van der Waals surface area contributed by atoms with Crippen LogP contribution in [0.2, 0.25) is 0 Å². The summed E-state index contributed by atoms with van der Waals surface area (Å²) in [5.41, 5.74) is 1.79. The van der Waals surface area contributed by atoms with Crippen LogP contribution >= 0.6 is 11.3 Å². The molecule has 0 spiro atoms. The minimum Gasteiger partial charge on any atom is -0.298 e. The summed E-state index contributed by atoms with van der Waals surface area (Å²) >= 11 is 1.31. The standard InChI is InChI=1S/C21H22N4O3S2/c1-15-6-3-5-13-25(15)30(27,28)17-10-8-16(9-11-17)20(26)24-21-23-19(14-29-21)18-7-2-4-12-22-18/h2,4,7-12,14-15H,3,5-6,13H2,1H3,(H,23,24,26)/t15-/m1/s1. The minimum absolute atomic E-state index is 0.00933. The summed E-state index contributed by atoms with van der Waals surface area (Å²) in [6.45, 7) is 2.47. The summed E-state index contributed by atoms with van der Waals surface area (Å²) in [7, 11) is -3.56. The third-order valence-corrected chi connectivity index (χ3v) is 7.90. The number of piperidine rings is 1. The van der Waals surface area contributed by atoms with Gasteiger partial charge in [-0.25, -0.2) is 13.4 Å². The maximum Gasteiger partial charge on any atom is 0.257 e. The lowest BCUT2D eigenvalue weighted by molar-refractivity contribution is 0.102. The van der Waals surface area contributed by atoms with E-state index < -0.39 is 10.0 Å². The quantitative estimate of drug-likeness (QED) is 0.644. The fraction of sp³-hybridized carbons (Fsp3) is 0.286. The molecule has 3 aromatic rings. The second-order valence-electron chi connectivity index (χ2n) is 7.19. The summed E-state index contributed by atoms with van der Waals surface area (Å²) in [4.78, 5) is 21.4. The Bertz CT molecular complexity index is 1130. The monoisotopic (exact) mass is 442 g/mol. The van der Waals surface area contributed by atoms with Crippen molar-refractivity contribution in [1.82, 2.24) is 14.3 Å². The maximum atomic E-state index is 12.9. The molecular formula is C21H22N4O3S2. The number of nitrogens with zero attached hydrogens (tertiary/aromatic N) is 3. The molecule has 7 nitrogen and oxygen atoms in total. The van der Waals surface area contributed by atoms with E-state index in [0.29, 0.717) is 22.9 Å². The number of rotatable bonds is 5. The topological polar surface area (TPSA) is 92.3 Å². The molecule has 30 heavy (non-hydrogen) atoms. The Morgan fingerprint density at radius 2 is 1.93 bits per heavy atom. The highest BCUT2D eigenvalue weighted by Gasteiger charge is 2.30. The fourth-order valence-electron chi connectivity index (χ4n) is 3.47. The number of anilines is 1. The molecule has 156 valence electrons. The molecule has 2 aromatic heterocycles. The SMILES string of the molecule is C[C@@H]1CCCCN1S(=O)(=O)c1ccc(C(=O)Nc2nc(-c3ccccn3)cs2)cc1. The first-order valence-corrected chi connectivity index (χ1v) is 12.1. The van der Waals surface area contributed by atoms with E-state index in [1.807, 2.05) is 30.5 Å². The molecule has 3 heterocycles. The maximum absolute atomic E-state index is 12.9. The number of amides is 1. The fourth-order valence-corrected chi connectivity index (χ4v) is 5.87. The molecule has 4 rings (SSSR count). The molecule has 0 bridgehead atoms.